The van der Waals surface area contributed by atoms with Crippen LogP contribution in [0, 0.1) is 11.6 Å². The molecule has 0 spiro atoms. The fourth-order valence-electron chi connectivity index (χ4n) is 1.50. The third kappa shape index (κ3) is 2.32. The highest BCUT2D eigenvalue weighted by Gasteiger charge is 2.19. The Kier molecular flexibility index (Phi) is 3.44. The summed E-state index contributed by atoms with van der Waals surface area (Å²) in [5.74, 6) is -1.91. The molecule has 90 valence electrons. The van der Waals surface area contributed by atoms with Gasteiger partial charge in [-0.1, -0.05) is 17.5 Å². The molecule has 1 aromatic heterocycles. The van der Waals surface area contributed by atoms with Crippen LogP contribution in [-0.4, -0.2) is 14.7 Å². The molecule has 0 amide bonds. The number of halogens is 2. The summed E-state index contributed by atoms with van der Waals surface area (Å²) in [5.41, 5.74) is 0.969. The van der Waals surface area contributed by atoms with Gasteiger partial charge in [0.25, 0.3) is 0 Å². The Balaban J connectivity index is 2.36. The predicted octanol–water partition coefficient (Wildman–Crippen LogP) is 2.46. The smallest absolute Gasteiger partial charge is 0.159 e. The third-order valence-electron chi connectivity index (χ3n) is 2.43. The normalized spacial score (nSPS) is 12.7. The number of aliphatic hydroxyl groups excluding tert-OH is 1. The first-order chi connectivity index (χ1) is 8.13. The van der Waals surface area contributed by atoms with Gasteiger partial charge in [0.2, 0.25) is 0 Å². The highest BCUT2D eigenvalue weighted by Crippen LogP contribution is 2.27. The lowest BCUT2D eigenvalue weighted by atomic mass is 10.1. The molecule has 0 fully saturated rings. The Morgan fingerprint density at radius 1 is 1.35 bits per heavy atom. The number of rotatable bonds is 3. The van der Waals surface area contributed by atoms with E-state index in [0.717, 1.165) is 23.7 Å². The molecule has 1 heterocycles. The van der Waals surface area contributed by atoms with Crippen LogP contribution in [0.3, 0.4) is 0 Å². The number of aromatic nitrogens is 2. The Labute approximate surface area is 101 Å². The summed E-state index contributed by atoms with van der Waals surface area (Å²) < 4.78 is 29.6. The van der Waals surface area contributed by atoms with Crippen molar-refractivity contribution in [3.8, 4) is 0 Å². The minimum atomic E-state index is -1.01. The highest BCUT2D eigenvalue weighted by atomic mass is 32.1. The van der Waals surface area contributed by atoms with Crippen molar-refractivity contribution in [2.45, 2.75) is 19.4 Å². The second kappa shape index (κ2) is 4.85. The number of aryl methyl sites for hydroxylation is 1. The zero-order valence-electron chi connectivity index (χ0n) is 9.02. The molecular formula is C11H10F2N2OS. The first kappa shape index (κ1) is 12.1. The fraction of sp³-hybridized carbons (Fsp3) is 0.273. The fourth-order valence-corrected chi connectivity index (χ4v) is 2.26. The van der Waals surface area contributed by atoms with Gasteiger partial charge in [-0.3, -0.25) is 0 Å². The van der Waals surface area contributed by atoms with E-state index in [2.05, 4.69) is 9.59 Å². The van der Waals surface area contributed by atoms with E-state index in [-0.39, 0.29) is 0 Å². The van der Waals surface area contributed by atoms with Crippen LogP contribution in [-0.2, 0) is 6.42 Å². The van der Waals surface area contributed by atoms with Crippen molar-refractivity contribution < 1.29 is 13.9 Å². The second-order valence-electron chi connectivity index (χ2n) is 3.51. The summed E-state index contributed by atoms with van der Waals surface area (Å²) in [6.07, 6.45) is -0.382. The zero-order valence-corrected chi connectivity index (χ0v) is 9.84. The molecule has 1 atom stereocenters. The highest BCUT2D eigenvalue weighted by molar-refractivity contribution is 7.05. The molecule has 2 aromatic rings. The minimum Gasteiger partial charge on any atom is -0.383 e. The molecule has 3 nitrogen and oxygen atoms in total. The maximum atomic E-state index is 13.0. The third-order valence-corrected chi connectivity index (χ3v) is 3.25. The zero-order chi connectivity index (χ0) is 12.4. The Bertz CT molecular complexity index is 530. The summed E-state index contributed by atoms with van der Waals surface area (Å²) in [7, 11) is 0. The Hall–Kier alpha value is -1.40. The average molecular weight is 256 g/mol. The number of hydrogen-bond acceptors (Lipinski definition) is 4. The van der Waals surface area contributed by atoms with Gasteiger partial charge in [0.1, 0.15) is 6.10 Å². The molecule has 0 saturated heterocycles. The Morgan fingerprint density at radius 2 is 2.12 bits per heavy atom. The van der Waals surface area contributed by atoms with E-state index < -0.39 is 17.7 Å². The van der Waals surface area contributed by atoms with Gasteiger partial charge >= 0.3 is 0 Å². The summed E-state index contributed by atoms with van der Waals surface area (Å²) in [6, 6.07) is 3.33. The summed E-state index contributed by atoms with van der Waals surface area (Å²) >= 11 is 1.06. The van der Waals surface area contributed by atoms with E-state index in [1.54, 1.807) is 0 Å². The summed E-state index contributed by atoms with van der Waals surface area (Å²) in [6.45, 7) is 1.89. The van der Waals surface area contributed by atoms with Crippen LogP contribution in [0.1, 0.15) is 29.2 Å². The summed E-state index contributed by atoms with van der Waals surface area (Å²) in [4.78, 5) is 0.568. The van der Waals surface area contributed by atoms with Gasteiger partial charge in [0.15, 0.2) is 11.6 Å². The average Bonchev–Trinajstić information content (AvgIpc) is 2.80. The maximum Gasteiger partial charge on any atom is 0.159 e. The van der Waals surface area contributed by atoms with Crippen molar-refractivity contribution in [1.82, 2.24) is 9.59 Å². The standard InChI is InChI=1S/C11H10F2N2OS/c1-2-9-11(17-15-14-9)10(16)6-3-4-7(12)8(13)5-6/h3-5,10,16H,2H2,1H3. The number of hydrogen-bond donors (Lipinski definition) is 1. The first-order valence-corrected chi connectivity index (χ1v) is 5.85. The number of benzene rings is 1. The molecule has 0 radical (unpaired) electrons. The van der Waals surface area contributed by atoms with Crippen molar-refractivity contribution in [3.63, 3.8) is 0 Å². The minimum absolute atomic E-state index is 0.296. The quantitative estimate of drug-likeness (QED) is 0.917. The van der Waals surface area contributed by atoms with Gasteiger partial charge in [-0.05, 0) is 35.6 Å². The lowest BCUT2D eigenvalue weighted by Gasteiger charge is -2.09. The molecule has 0 aliphatic carbocycles. The van der Waals surface area contributed by atoms with E-state index in [0.29, 0.717) is 22.6 Å². The van der Waals surface area contributed by atoms with Crippen LogP contribution >= 0.6 is 11.5 Å². The van der Waals surface area contributed by atoms with Gasteiger partial charge in [0, 0.05) is 0 Å². The van der Waals surface area contributed by atoms with Gasteiger partial charge in [0.05, 0.1) is 10.6 Å². The topological polar surface area (TPSA) is 46.0 Å². The van der Waals surface area contributed by atoms with Crippen LogP contribution in [0.4, 0.5) is 8.78 Å². The van der Waals surface area contributed by atoms with E-state index in [9.17, 15) is 13.9 Å². The van der Waals surface area contributed by atoms with Crippen molar-refractivity contribution in [1.29, 1.82) is 0 Å². The van der Waals surface area contributed by atoms with E-state index in [4.69, 9.17) is 0 Å². The van der Waals surface area contributed by atoms with E-state index >= 15 is 0 Å². The molecule has 1 aromatic carbocycles. The Morgan fingerprint density at radius 3 is 2.76 bits per heavy atom. The number of nitrogens with zero attached hydrogens (tertiary/aromatic N) is 2. The lowest BCUT2D eigenvalue weighted by Crippen LogP contribution is -2.02. The first-order valence-electron chi connectivity index (χ1n) is 5.07. The monoisotopic (exact) mass is 256 g/mol. The van der Waals surface area contributed by atoms with E-state index in [1.165, 1.54) is 6.07 Å². The van der Waals surface area contributed by atoms with Crippen molar-refractivity contribution in [2.75, 3.05) is 0 Å². The molecule has 1 N–H and O–H groups in total. The molecule has 1 unspecified atom stereocenters. The summed E-state index contributed by atoms with van der Waals surface area (Å²) in [5, 5.41) is 13.9. The SMILES string of the molecule is CCc1nnsc1C(O)c1ccc(F)c(F)c1. The molecule has 6 heteroatoms. The van der Waals surface area contributed by atoms with Gasteiger partial charge in [-0.2, -0.15) is 0 Å². The van der Waals surface area contributed by atoms with Gasteiger partial charge < -0.3 is 5.11 Å². The van der Waals surface area contributed by atoms with Crippen LogP contribution in [0.25, 0.3) is 0 Å². The number of aliphatic hydroxyl groups is 1. The largest absolute Gasteiger partial charge is 0.383 e. The van der Waals surface area contributed by atoms with E-state index in [1.807, 2.05) is 6.92 Å². The van der Waals surface area contributed by atoms with Crippen molar-refractivity contribution in [3.05, 3.63) is 46.0 Å². The molecule has 17 heavy (non-hydrogen) atoms. The molecule has 2 rings (SSSR count). The van der Waals surface area contributed by atoms with Gasteiger partial charge in [-0.15, -0.1) is 5.10 Å². The van der Waals surface area contributed by atoms with Crippen LogP contribution in [0.15, 0.2) is 18.2 Å². The van der Waals surface area contributed by atoms with Crippen LogP contribution in [0.2, 0.25) is 0 Å². The predicted molar refractivity (Wildman–Crippen MR) is 59.7 cm³/mol. The maximum absolute atomic E-state index is 13.0. The van der Waals surface area contributed by atoms with Crippen LogP contribution < -0.4 is 0 Å². The molecule has 0 aliphatic rings. The van der Waals surface area contributed by atoms with Crippen LogP contribution in [0.5, 0.6) is 0 Å². The molecular weight excluding hydrogens is 246 g/mol. The second-order valence-corrected chi connectivity index (χ2v) is 4.30. The molecule has 0 bridgehead atoms. The van der Waals surface area contributed by atoms with Crippen molar-refractivity contribution >= 4 is 11.5 Å². The molecule has 0 saturated carbocycles. The van der Waals surface area contributed by atoms with Gasteiger partial charge in [-0.25, -0.2) is 8.78 Å². The van der Waals surface area contributed by atoms with Crippen molar-refractivity contribution in [2.24, 2.45) is 0 Å². The molecule has 0 aliphatic heterocycles. The lowest BCUT2D eigenvalue weighted by molar-refractivity contribution is 0.222.